The fourth-order valence-corrected chi connectivity index (χ4v) is 1.43. The number of rotatable bonds is 6. The Morgan fingerprint density at radius 1 is 1.38 bits per heavy atom. The Balaban J connectivity index is 1.72. The first kappa shape index (κ1) is 14.9. The van der Waals surface area contributed by atoms with Crippen molar-refractivity contribution in [3.8, 4) is 0 Å². The fourth-order valence-electron chi connectivity index (χ4n) is 1.43. The van der Waals surface area contributed by atoms with E-state index >= 15 is 0 Å². The minimum Gasteiger partial charge on any atom is -0.386 e. The van der Waals surface area contributed by atoms with Gasteiger partial charge in [-0.05, 0) is 25.0 Å². The van der Waals surface area contributed by atoms with Crippen LogP contribution in [0.3, 0.4) is 0 Å². The van der Waals surface area contributed by atoms with Gasteiger partial charge in [-0.3, -0.25) is 9.59 Å². The summed E-state index contributed by atoms with van der Waals surface area (Å²) >= 11 is 0. The summed E-state index contributed by atoms with van der Waals surface area (Å²) in [5.41, 5.74) is -0.181. The number of halogens is 2. The number of carbonyl (C=O) groups is 2. The van der Waals surface area contributed by atoms with Crippen molar-refractivity contribution in [3.63, 3.8) is 0 Å². The van der Waals surface area contributed by atoms with Gasteiger partial charge in [-0.25, -0.2) is 8.78 Å². The second kappa shape index (κ2) is 6.78. The summed E-state index contributed by atoms with van der Waals surface area (Å²) in [7, 11) is 0. The molecule has 0 atom stereocenters. The van der Waals surface area contributed by atoms with Crippen LogP contribution >= 0.6 is 0 Å². The summed E-state index contributed by atoms with van der Waals surface area (Å²) < 4.78 is 25.9. The molecule has 1 aromatic rings. The average Bonchev–Trinajstić information content (AvgIpc) is 3.22. The van der Waals surface area contributed by atoms with E-state index in [0.717, 1.165) is 31.2 Å². The third-order valence-electron chi connectivity index (χ3n) is 2.57. The first-order valence-electron chi connectivity index (χ1n) is 6.25. The first-order chi connectivity index (χ1) is 10.0. The Hall–Kier alpha value is -2.51. The maximum Gasteiger partial charge on any atom is 0.270 e. The molecule has 8 heteroatoms. The van der Waals surface area contributed by atoms with E-state index in [0.29, 0.717) is 6.07 Å². The topological polar surface area (TPSA) is 79.8 Å². The Kier molecular flexibility index (Phi) is 4.81. The van der Waals surface area contributed by atoms with Gasteiger partial charge in [0.15, 0.2) is 6.61 Å². The molecule has 1 fully saturated rings. The van der Waals surface area contributed by atoms with Gasteiger partial charge in [-0.2, -0.15) is 0 Å². The van der Waals surface area contributed by atoms with Crippen molar-refractivity contribution in [2.24, 2.45) is 5.16 Å². The van der Waals surface area contributed by atoms with Crippen LogP contribution in [0.15, 0.2) is 23.4 Å². The van der Waals surface area contributed by atoms with E-state index in [-0.39, 0.29) is 24.2 Å². The zero-order chi connectivity index (χ0) is 15.2. The lowest BCUT2D eigenvalue weighted by Crippen LogP contribution is -2.28. The Morgan fingerprint density at radius 3 is 2.81 bits per heavy atom. The minimum atomic E-state index is -0.901. The molecule has 0 aliphatic heterocycles. The lowest BCUT2D eigenvalue weighted by atomic mass is 10.3. The van der Waals surface area contributed by atoms with Crippen LogP contribution in [-0.4, -0.2) is 30.7 Å². The third-order valence-corrected chi connectivity index (χ3v) is 2.57. The third kappa shape index (κ3) is 5.17. The molecule has 0 saturated heterocycles. The van der Waals surface area contributed by atoms with Gasteiger partial charge in [-0.15, -0.1) is 0 Å². The second-order valence-corrected chi connectivity index (χ2v) is 4.46. The summed E-state index contributed by atoms with van der Waals surface area (Å²) in [5.74, 6) is -2.73. The lowest BCUT2D eigenvalue weighted by molar-refractivity contribution is -0.126. The number of hydrogen-bond acceptors (Lipinski definition) is 4. The molecule has 0 heterocycles. The van der Waals surface area contributed by atoms with Gasteiger partial charge in [0, 0.05) is 12.1 Å². The van der Waals surface area contributed by atoms with Crippen LogP contribution in [0, 0.1) is 11.6 Å². The molecular weight excluding hydrogens is 284 g/mol. The van der Waals surface area contributed by atoms with Crippen molar-refractivity contribution in [1.29, 1.82) is 0 Å². The van der Waals surface area contributed by atoms with Crippen molar-refractivity contribution in [2.75, 3.05) is 11.9 Å². The highest BCUT2D eigenvalue weighted by atomic mass is 19.1. The fraction of sp³-hybridized carbons (Fsp3) is 0.308. The van der Waals surface area contributed by atoms with Crippen LogP contribution in [0.4, 0.5) is 14.5 Å². The average molecular weight is 297 g/mol. The van der Waals surface area contributed by atoms with Crippen molar-refractivity contribution < 1.29 is 23.2 Å². The molecule has 1 saturated carbocycles. The molecule has 0 bridgehead atoms. The Morgan fingerprint density at radius 2 is 2.14 bits per heavy atom. The summed E-state index contributed by atoms with van der Waals surface area (Å²) in [6, 6.07) is 2.95. The molecule has 1 aliphatic rings. The highest BCUT2D eigenvalue weighted by molar-refractivity contribution is 6.31. The van der Waals surface area contributed by atoms with E-state index < -0.39 is 17.5 Å². The molecule has 2 rings (SSSR count). The number of carbonyl (C=O) groups excluding carboxylic acids is 2. The maximum atomic E-state index is 13.2. The van der Waals surface area contributed by atoms with Gasteiger partial charge in [0.05, 0.1) is 5.69 Å². The van der Waals surface area contributed by atoms with Crippen LogP contribution in [-0.2, 0) is 14.4 Å². The molecule has 2 amide bonds. The number of hydrogen-bond donors (Lipinski definition) is 2. The van der Waals surface area contributed by atoms with Gasteiger partial charge >= 0.3 is 0 Å². The van der Waals surface area contributed by atoms with E-state index in [9.17, 15) is 18.4 Å². The number of nitrogens with one attached hydrogen (secondary N) is 2. The molecule has 0 spiro atoms. The summed E-state index contributed by atoms with van der Waals surface area (Å²) in [6.07, 6.45) is 2.68. The van der Waals surface area contributed by atoms with E-state index in [1.807, 2.05) is 0 Å². The minimum absolute atomic E-state index is 0.181. The van der Waals surface area contributed by atoms with Gasteiger partial charge in [0.1, 0.15) is 17.8 Å². The number of anilines is 1. The first-order valence-corrected chi connectivity index (χ1v) is 6.25. The normalized spacial score (nSPS) is 14.0. The molecule has 6 nitrogen and oxygen atoms in total. The SMILES string of the molecule is O=C(/C=N/OCC(=O)NC1CC1)Nc1ccc(F)cc1F. The zero-order valence-electron chi connectivity index (χ0n) is 10.9. The molecule has 0 unspecified atom stereocenters. The maximum absolute atomic E-state index is 13.2. The van der Waals surface area contributed by atoms with Crippen molar-refractivity contribution in [3.05, 3.63) is 29.8 Å². The Labute approximate surface area is 119 Å². The van der Waals surface area contributed by atoms with Crippen LogP contribution < -0.4 is 10.6 Å². The largest absolute Gasteiger partial charge is 0.386 e. The van der Waals surface area contributed by atoms with Gasteiger partial charge < -0.3 is 15.5 Å². The molecular formula is C13H13F2N3O3. The van der Waals surface area contributed by atoms with Crippen LogP contribution in [0.25, 0.3) is 0 Å². The van der Waals surface area contributed by atoms with E-state index in [1.54, 1.807) is 0 Å². The van der Waals surface area contributed by atoms with E-state index in [1.165, 1.54) is 0 Å². The van der Waals surface area contributed by atoms with Crippen LogP contribution in [0.1, 0.15) is 12.8 Å². The highest BCUT2D eigenvalue weighted by Crippen LogP contribution is 2.18. The predicted molar refractivity (Wildman–Crippen MR) is 70.6 cm³/mol. The molecule has 0 aromatic heterocycles. The molecule has 1 aromatic carbocycles. The summed E-state index contributed by atoms with van der Waals surface area (Å²) in [6.45, 7) is -0.300. The Bertz CT molecular complexity index is 574. The summed E-state index contributed by atoms with van der Waals surface area (Å²) in [5, 5.41) is 8.12. The number of benzene rings is 1. The predicted octanol–water partition coefficient (Wildman–Crippen LogP) is 1.18. The zero-order valence-corrected chi connectivity index (χ0v) is 10.9. The quantitative estimate of drug-likeness (QED) is 0.611. The monoisotopic (exact) mass is 297 g/mol. The van der Waals surface area contributed by atoms with Crippen molar-refractivity contribution in [1.82, 2.24) is 5.32 Å². The van der Waals surface area contributed by atoms with Crippen molar-refractivity contribution in [2.45, 2.75) is 18.9 Å². The number of oxime groups is 1. The van der Waals surface area contributed by atoms with Crippen LogP contribution in [0.2, 0.25) is 0 Å². The molecule has 1 aliphatic carbocycles. The molecule has 112 valence electrons. The van der Waals surface area contributed by atoms with Gasteiger partial charge in [0.25, 0.3) is 11.8 Å². The summed E-state index contributed by atoms with van der Waals surface area (Å²) in [4.78, 5) is 27.2. The molecule has 0 radical (unpaired) electrons. The second-order valence-electron chi connectivity index (χ2n) is 4.46. The lowest BCUT2D eigenvalue weighted by Gasteiger charge is -2.03. The smallest absolute Gasteiger partial charge is 0.270 e. The van der Waals surface area contributed by atoms with E-state index in [4.69, 9.17) is 0 Å². The highest BCUT2D eigenvalue weighted by Gasteiger charge is 2.23. The van der Waals surface area contributed by atoms with E-state index in [2.05, 4.69) is 20.6 Å². The van der Waals surface area contributed by atoms with Crippen molar-refractivity contribution >= 4 is 23.7 Å². The number of nitrogens with zero attached hydrogens (tertiary/aromatic N) is 1. The number of amides is 2. The molecule has 2 N–H and O–H groups in total. The van der Waals surface area contributed by atoms with Gasteiger partial charge in [-0.1, -0.05) is 5.16 Å². The van der Waals surface area contributed by atoms with Gasteiger partial charge in [0.2, 0.25) is 0 Å². The van der Waals surface area contributed by atoms with Crippen LogP contribution in [0.5, 0.6) is 0 Å². The molecule has 21 heavy (non-hydrogen) atoms. The standard InChI is InChI=1S/C13H13F2N3O3/c14-8-1-4-11(10(15)5-8)18-12(19)6-16-21-7-13(20)17-9-2-3-9/h1,4-6,9H,2-3,7H2,(H,17,20)(H,18,19)/b16-6+.